The van der Waals surface area contributed by atoms with E-state index >= 15 is 0 Å². The van der Waals surface area contributed by atoms with Gasteiger partial charge < -0.3 is 14.3 Å². The molecule has 8 heteroatoms. The van der Waals surface area contributed by atoms with Gasteiger partial charge in [0.05, 0.1) is 23.5 Å². The first kappa shape index (κ1) is 19.2. The summed E-state index contributed by atoms with van der Waals surface area (Å²) in [5.74, 6) is 0.199. The third kappa shape index (κ3) is 2.90. The van der Waals surface area contributed by atoms with Gasteiger partial charge in [-0.3, -0.25) is 19.3 Å². The van der Waals surface area contributed by atoms with Gasteiger partial charge >= 0.3 is 0 Å². The zero-order valence-corrected chi connectivity index (χ0v) is 17.1. The van der Waals surface area contributed by atoms with E-state index in [0.29, 0.717) is 36.4 Å². The monoisotopic (exact) mass is 396 g/mol. The number of likely N-dealkylation sites (N-methyl/N-ethyl adjacent to an activating group) is 1. The van der Waals surface area contributed by atoms with E-state index in [1.54, 1.807) is 35.0 Å². The van der Waals surface area contributed by atoms with Crippen molar-refractivity contribution in [3.05, 3.63) is 46.8 Å². The molecule has 152 valence electrons. The molecule has 1 fully saturated rings. The van der Waals surface area contributed by atoms with Crippen LogP contribution in [0.25, 0.3) is 0 Å². The number of para-hydroxylation sites is 1. The molecule has 1 atom stereocenters. The number of nitrogens with zero attached hydrogens (tertiary/aromatic N) is 4. The molecule has 8 nitrogen and oxygen atoms in total. The van der Waals surface area contributed by atoms with Crippen molar-refractivity contribution in [2.45, 2.75) is 45.8 Å². The second-order valence-electron chi connectivity index (χ2n) is 7.91. The van der Waals surface area contributed by atoms with E-state index in [9.17, 15) is 14.4 Å². The van der Waals surface area contributed by atoms with Gasteiger partial charge in [0.2, 0.25) is 11.8 Å². The normalized spacial score (nSPS) is 20.7. The van der Waals surface area contributed by atoms with E-state index < -0.39 is 5.66 Å². The molecule has 1 saturated heterocycles. The highest BCUT2D eigenvalue weighted by Gasteiger charge is 2.53. The van der Waals surface area contributed by atoms with E-state index in [4.69, 9.17) is 4.52 Å². The van der Waals surface area contributed by atoms with E-state index in [2.05, 4.69) is 5.16 Å². The molecule has 0 aliphatic carbocycles. The van der Waals surface area contributed by atoms with Gasteiger partial charge in [-0.1, -0.05) is 17.3 Å². The van der Waals surface area contributed by atoms with Crippen molar-refractivity contribution in [2.24, 2.45) is 0 Å². The molecule has 0 spiro atoms. The number of hydrogen-bond donors (Lipinski definition) is 0. The molecule has 0 radical (unpaired) electrons. The Morgan fingerprint density at radius 2 is 2.00 bits per heavy atom. The van der Waals surface area contributed by atoms with Gasteiger partial charge in [-0.2, -0.15) is 0 Å². The van der Waals surface area contributed by atoms with Gasteiger partial charge in [0.25, 0.3) is 5.91 Å². The minimum atomic E-state index is -0.845. The summed E-state index contributed by atoms with van der Waals surface area (Å²) >= 11 is 0. The number of hydrogen-bond acceptors (Lipinski definition) is 5. The van der Waals surface area contributed by atoms with Crippen LogP contribution in [0.2, 0.25) is 0 Å². The largest absolute Gasteiger partial charge is 0.361 e. The fourth-order valence-corrected chi connectivity index (χ4v) is 4.25. The van der Waals surface area contributed by atoms with Crippen LogP contribution < -0.4 is 4.90 Å². The zero-order valence-electron chi connectivity index (χ0n) is 17.1. The number of carbonyl (C=O) groups excluding carboxylic acids is 3. The molecule has 2 aliphatic rings. The molecule has 1 aromatic heterocycles. The van der Waals surface area contributed by atoms with E-state index in [1.165, 1.54) is 4.90 Å². The predicted octanol–water partition coefficient (Wildman–Crippen LogP) is 2.25. The second-order valence-corrected chi connectivity index (χ2v) is 7.91. The average Bonchev–Trinajstić information content (AvgIpc) is 3.18. The predicted molar refractivity (Wildman–Crippen MR) is 105 cm³/mol. The van der Waals surface area contributed by atoms with Crippen LogP contribution in [0, 0.1) is 13.8 Å². The fraction of sp³-hybridized carbons (Fsp3) is 0.429. The lowest BCUT2D eigenvalue weighted by atomic mass is 9.98. The Hall–Kier alpha value is -3.16. The number of aromatic nitrogens is 1. The Bertz CT molecular complexity index is 994. The summed E-state index contributed by atoms with van der Waals surface area (Å²) in [6.45, 7) is 5.73. The molecule has 0 saturated carbocycles. The molecule has 29 heavy (non-hydrogen) atoms. The van der Waals surface area contributed by atoms with Crippen LogP contribution in [0.4, 0.5) is 5.69 Å². The molecule has 2 aliphatic heterocycles. The Morgan fingerprint density at radius 1 is 1.28 bits per heavy atom. The van der Waals surface area contributed by atoms with Crippen LogP contribution in [0.5, 0.6) is 0 Å². The molecule has 1 aromatic carbocycles. The summed E-state index contributed by atoms with van der Waals surface area (Å²) in [7, 11) is 1.69. The standard InChI is InChI=1S/C21H24N4O4/c1-13-16(14(2)29-22-13)11-23(4)19(27)12-24-20(28)15-7-5-6-8-17(15)25-18(26)9-10-21(24,25)3/h5-8H,9-12H2,1-4H3. The SMILES string of the molecule is Cc1noc(C)c1CN(C)C(=O)CN1C(=O)c2ccccc2N2C(=O)CCC12C. The molecular formula is C21H24N4O4. The Labute approximate surface area is 169 Å². The van der Waals surface area contributed by atoms with Crippen molar-refractivity contribution in [1.29, 1.82) is 0 Å². The molecular weight excluding hydrogens is 372 g/mol. The minimum Gasteiger partial charge on any atom is -0.361 e. The molecule has 2 aromatic rings. The number of carbonyl (C=O) groups is 3. The lowest BCUT2D eigenvalue weighted by molar-refractivity contribution is -0.132. The zero-order chi connectivity index (χ0) is 20.9. The van der Waals surface area contributed by atoms with Crippen LogP contribution in [0.1, 0.15) is 47.1 Å². The van der Waals surface area contributed by atoms with Crippen molar-refractivity contribution in [2.75, 3.05) is 18.5 Å². The average molecular weight is 396 g/mol. The maximum atomic E-state index is 13.2. The first-order valence-electron chi connectivity index (χ1n) is 9.64. The summed E-state index contributed by atoms with van der Waals surface area (Å²) in [5, 5.41) is 3.92. The number of rotatable bonds is 4. The van der Waals surface area contributed by atoms with Crippen LogP contribution >= 0.6 is 0 Å². The topological polar surface area (TPSA) is 87.0 Å². The van der Waals surface area contributed by atoms with Crippen LogP contribution in [0.3, 0.4) is 0 Å². The lowest BCUT2D eigenvalue weighted by Crippen LogP contribution is -2.63. The minimum absolute atomic E-state index is 0.0334. The number of benzene rings is 1. The Morgan fingerprint density at radius 3 is 2.69 bits per heavy atom. The van der Waals surface area contributed by atoms with Gasteiger partial charge in [-0.15, -0.1) is 0 Å². The smallest absolute Gasteiger partial charge is 0.258 e. The highest BCUT2D eigenvalue weighted by atomic mass is 16.5. The second kappa shape index (κ2) is 6.72. The summed E-state index contributed by atoms with van der Waals surface area (Å²) in [4.78, 5) is 43.6. The summed E-state index contributed by atoms with van der Waals surface area (Å²) < 4.78 is 5.17. The van der Waals surface area contributed by atoms with Crippen LogP contribution in [-0.4, -0.2) is 51.9 Å². The van der Waals surface area contributed by atoms with Crippen molar-refractivity contribution >= 4 is 23.4 Å². The molecule has 3 heterocycles. The highest BCUT2D eigenvalue weighted by molar-refractivity contribution is 6.11. The third-order valence-corrected chi connectivity index (χ3v) is 6.04. The van der Waals surface area contributed by atoms with Gasteiger partial charge in [-0.25, -0.2) is 0 Å². The number of amides is 3. The van der Waals surface area contributed by atoms with E-state index in [-0.39, 0.29) is 24.3 Å². The number of aryl methyl sites for hydroxylation is 2. The molecule has 3 amide bonds. The Kier molecular flexibility index (Phi) is 4.44. The third-order valence-electron chi connectivity index (χ3n) is 6.04. The molecule has 0 N–H and O–H groups in total. The highest BCUT2D eigenvalue weighted by Crippen LogP contribution is 2.43. The summed E-state index contributed by atoms with van der Waals surface area (Å²) in [6, 6.07) is 7.07. The van der Waals surface area contributed by atoms with Gasteiger partial charge in [0.1, 0.15) is 18.0 Å². The number of fused-ring (bicyclic) bond motifs is 3. The summed E-state index contributed by atoms with van der Waals surface area (Å²) in [6.07, 6.45) is 0.838. The molecule has 4 rings (SSSR count). The van der Waals surface area contributed by atoms with Crippen LogP contribution in [0.15, 0.2) is 28.8 Å². The Balaban J connectivity index is 1.62. The first-order valence-corrected chi connectivity index (χ1v) is 9.64. The van der Waals surface area contributed by atoms with Crippen molar-refractivity contribution in [1.82, 2.24) is 15.0 Å². The first-order chi connectivity index (χ1) is 13.7. The van der Waals surface area contributed by atoms with Gasteiger partial charge in [-0.05, 0) is 39.3 Å². The maximum Gasteiger partial charge on any atom is 0.258 e. The molecule has 0 bridgehead atoms. The molecule has 1 unspecified atom stereocenters. The van der Waals surface area contributed by atoms with Gasteiger partial charge in [0.15, 0.2) is 0 Å². The van der Waals surface area contributed by atoms with E-state index in [0.717, 1.165) is 11.3 Å². The van der Waals surface area contributed by atoms with E-state index in [1.807, 2.05) is 26.8 Å². The fourth-order valence-electron chi connectivity index (χ4n) is 4.25. The van der Waals surface area contributed by atoms with Crippen LogP contribution in [-0.2, 0) is 16.1 Å². The van der Waals surface area contributed by atoms with Crippen molar-refractivity contribution in [3.8, 4) is 0 Å². The van der Waals surface area contributed by atoms with Crippen molar-refractivity contribution in [3.63, 3.8) is 0 Å². The summed E-state index contributed by atoms with van der Waals surface area (Å²) in [5.41, 5.74) is 1.82. The maximum absolute atomic E-state index is 13.2. The van der Waals surface area contributed by atoms with Gasteiger partial charge in [0, 0.05) is 19.0 Å². The van der Waals surface area contributed by atoms with Crippen molar-refractivity contribution < 1.29 is 18.9 Å². The number of anilines is 1. The quantitative estimate of drug-likeness (QED) is 0.791. The lowest BCUT2D eigenvalue weighted by Gasteiger charge is -2.48.